The third-order valence-electron chi connectivity index (χ3n) is 4.67. The Balaban J connectivity index is 1.81. The molecule has 3 rings (SSSR count). The maximum Gasteiger partial charge on any atom is 0.516 e. The number of halogens is 1. The summed E-state index contributed by atoms with van der Waals surface area (Å²) < 4.78 is 20.7. The van der Waals surface area contributed by atoms with Gasteiger partial charge in [-0.25, -0.2) is 4.98 Å². The van der Waals surface area contributed by atoms with Crippen LogP contribution in [0.4, 0.5) is 0 Å². The number of hydrogen-bond acceptors (Lipinski definition) is 4. The molecule has 0 aliphatic carbocycles. The molecular weight excluding hydrogens is 335 g/mol. The Labute approximate surface area is 134 Å². The molecule has 0 N–H and O–H groups in total. The summed E-state index contributed by atoms with van der Waals surface area (Å²) in [7, 11) is -0.434. The van der Waals surface area contributed by atoms with Crippen molar-refractivity contribution in [1.29, 1.82) is 0 Å². The molecule has 0 radical (unpaired) electrons. The first-order valence-corrected chi connectivity index (χ1v) is 8.31. The summed E-state index contributed by atoms with van der Waals surface area (Å²) in [4.78, 5) is 4.55. The number of nitrogens with zero attached hydrogens (tertiary/aromatic N) is 2. The third kappa shape index (κ3) is 2.81. The van der Waals surface area contributed by atoms with E-state index in [1.807, 2.05) is 38.5 Å². The smallest absolute Gasteiger partial charge is 0.398 e. The summed E-state index contributed by atoms with van der Waals surface area (Å²) in [5, 5.41) is 0. The van der Waals surface area contributed by atoms with Crippen molar-refractivity contribution in [1.82, 2.24) is 9.55 Å². The van der Waals surface area contributed by atoms with Gasteiger partial charge in [-0.05, 0) is 62.9 Å². The van der Waals surface area contributed by atoms with Crippen LogP contribution in [-0.2, 0) is 14.0 Å². The minimum atomic E-state index is -0.434. The minimum absolute atomic E-state index is 0.0526. The van der Waals surface area contributed by atoms with E-state index in [0.29, 0.717) is 0 Å². The largest absolute Gasteiger partial charge is 0.516 e. The van der Waals surface area contributed by atoms with Gasteiger partial charge in [0.25, 0.3) is 0 Å². The number of imidazole rings is 1. The van der Waals surface area contributed by atoms with Crippen LogP contribution in [0.25, 0.3) is 0 Å². The average Bonchev–Trinajstić information content (AvgIpc) is 2.89. The maximum absolute atomic E-state index is 6.05. The third-order valence-corrected chi connectivity index (χ3v) is 5.25. The Kier molecular flexibility index (Phi) is 3.97. The molecular formula is C14H22BBrN2O3. The standard InChI is InChI=1S/C14H22BBrN2O3/c1-13(2)14(3,4)21-15(20-13)10-9-18(12(16)17-10)11-7-5-6-8-19-11/h9,11H,5-8H2,1-4H3. The highest BCUT2D eigenvalue weighted by Gasteiger charge is 2.52. The molecule has 2 fully saturated rings. The fraction of sp³-hybridized carbons (Fsp3) is 0.786. The van der Waals surface area contributed by atoms with Gasteiger partial charge in [0.15, 0.2) is 4.73 Å². The molecule has 0 aromatic carbocycles. The molecule has 7 heteroatoms. The van der Waals surface area contributed by atoms with Crippen LogP contribution in [0.1, 0.15) is 53.2 Å². The Bertz CT molecular complexity index is 510. The summed E-state index contributed by atoms with van der Waals surface area (Å²) in [5.41, 5.74) is 0.0829. The average molecular weight is 357 g/mol. The first kappa shape index (κ1) is 15.5. The molecule has 5 nitrogen and oxygen atoms in total. The van der Waals surface area contributed by atoms with Crippen molar-refractivity contribution in [3.8, 4) is 0 Å². The van der Waals surface area contributed by atoms with E-state index < -0.39 is 7.12 Å². The van der Waals surface area contributed by atoms with Gasteiger partial charge >= 0.3 is 7.12 Å². The second-order valence-corrected chi connectivity index (χ2v) is 7.46. The number of ether oxygens (including phenoxy) is 1. The van der Waals surface area contributed by atoms with E-state index in [1.54, 1.807) is 0 Å². The fourth-order valence-electron chi connectivity index (χ4n) is 2.61. The van der Waals surface area contributed by atoms with Gasteiger partial charge in [-0.1, -0.05) is 0 Å². The molecule has 1 aromatic rings. The van der Waals surface area contributed by atoms with Gasteiger partial charge in [0.05, 0.1) is 16.8 Å². The normalized spacial score (nSPS) is 28.0. The van der Waals surface area contributed by atoms with Crippen molar-refractivity contribution in [2.75, 3.05) is 6.61 Å². The molecule has 2 aliphatic heterocycles. The molecule has 2 saturated heterocycles. The molecule has 21 heavy (non-hydrogen) atoms. The highest BCUT2D eigenvalue weighted by Crippen LogP contribution is 2.36. The Morgan fingerprint density at radius 2 is 1.90 bits per heavy atom. The van der Waals surface area contributed by atoms with E-state index in [-0.39, 0.29) is 17.4 Å². The van der Waals surface area contributed by atoms with Crippen molar-refractivity contribution in [2.24, 2.45) is 0 Å². The number of rotatable bonds is 2. The van der Waals surface area contributed by atoms with Crippen molar-refractivity contribution in [3.05, 3.63) is 10.9 Å². The Morgan fingerprint density at radius 1 is 1.24 bits per heavy atom. The molecule has 116 valence electrons. The van der Waals surface area contributed by atoms with Gasteiger partial charge in [-0.2, -0.15) is 0 Å². The van der Waals surface area contributed by atoms with E-state index in [9.17, 15) is 0 Å². The van der Waals surface area contributed by atoms with E-state index in [0.717, 1.165) is 29.8 Å². The molecule has 0 amide bonds. The molecule has 1 atom stereocenters. The maximum atomic E-state index is 6.05. The number of aromatic nitrogens is 2. The van der Waals surface area contributed by atoms with Crippen molar-refractivity contribution in [3.63, 3.8) is 0 Å². The van der Waals surface area contributed by atoms with E-state index in [2.05, 4.69) is 20.9 Å². The van der Waals surface area contributed by atoms with Gasteiger partial charge in [-0.15, -0.1) is 0 Å². The Hall–Kier alpha value is -0.365. The summed E-state index contributed by atoms with van der Waals surface area (Å²) >= 11 is 3.52. The summed E-state index contributed by atoms with van der Waals surface area (Å²) in [6.45, 7) is 8.99. The van der Waals surface area contributed by atoms with E-state index >= 15 is 0 Å². The SMILES string of the molecule is CC1(C)OB(c2cn(C3CCCCO3)c(Br)n2)OC1(C)C. The topological polar surface area (TPSA) is 45.5 Å². The van der Waals surface area contributed by atoms with Crippen LogP contribution in [0, 0.1) is 0 Å². The first-order valence-electron chi connectivity index (χ1n) is 7.52. The second kappa shape index (κ2) is 5.37. The lowest BCUT2D eigenvalue weighted by atomic mass is 9.86. The summed E-state index contributed by atoms with van der Waals surface area (Å²) in [6.07, 6.45) is 5.35. The van der Waals surface area contributed by atoms with E-state index in [1.165, 1.54) is 6.42 Å². The summed E-state index contributed by atoms with van der Waals surface area (Å²) in [5.74, 6) is 0. The lowest BCUT2D eigenvalue weighted by Crippen LogP contribution is -2.41. The molecule has 3 heterocycles. The molecule has 2 aliphatic rings. The highest BCUT2D eigenvalue weighted by molar-refractivity contribution is 9.10. The van der Waals surface area contributed by atoms with Crippen molar-refractivity contribution >= 4 is 28.6 Å². The first-order chi connectivity index (χ1) is 9.80. The van der Waals surface area contributed by atoms with Crippen molar-refractivity contribution < 1.29 is 14.0 Å². The lowest BCUT2D eigenvalue weighted by molar-refractivity contribution is -0.0333. The Morgan fingerprint density at radius 3 is 2.48 bits per heavy atom. The van der Waals surface area contributed by atoms with Crippen LogP contribution in [0.2, 0.25) is 0 Å². The minimum Gasteiger partial charge on any atom is -0.398 e. The van der Waals surface area contributed by atoms with E-state index in [4.69, 9.17) is 14.0 Å². The fourth-order valence-corrected chi connectivity index (χ4v) is 3.15. The number of hydrogen-bond donors (Lipinski definition) is 0. The molecule has 1 unspecified atom stereocenters. The zero-order valence-corrected chi connectivity index (χ0v) is 14.6. The monoisotopic (exact) mass is 356 g/mol. The second-order valence-electron chi connectivity index (χ2n) is 6.75. The summed E-state index contributed by atoms with van der Waals surface area (Å²) in [6, 6.07) is 0. The molecule has 0 bridgehead atoms. The van der Waals surface area contributed by atoms with Gasteiger partial charge in [0.1, 0.15) is 6.23 Å². The van der Waals surface area contributed by atoms with Gasteiger partial charge in [0, 0.05) is 12.8 Å². The van der Waals surface area contributed by atoms with Crippen LogP contribution in [-0.4, -0.2) is 34.5 Å². The van der Waals surface area contributed by atoms with Crippen LogP contribution in [0.5, 0.6) is 0 Å². The van der Waals surface area contributed by atoms with Crippen LogP contribution < -0.4 is 5.59 Å². The zero-order chi connectivity index (χ0) is 15.3. The van der Waals surface area contributed by atoms with Crippen LogP contribution >= 0.6 is 15.9 Å². The zero-order valence-electron chi connectivity index (χ0n) is 13.1. The highest BCUT2D eigenvalue weighted by atomic mass is 79.9. The van der Waals surface area contributed by atoms with Crippen LogP contribution in [0.3, 0.4) is 0 Å². The quantitative estimate of drug-likeness (QED) is 0.764. The predicted molar refractivity (Wildman–Crippen MR) is 84.5 cm³/mol. The molecule has 1 aromatic heterocycles. The van der Waals surface area contributed by atoms with Gasteiger partial charge < -0.3 is 14.0 Å². The van der Waals surface area contributed by atoms with Gasteiger partial charge in [0.2, 0.25) is 0 Å². The van der Waals surface area contributed by atoms with Gasteiger partial charge in [-0.3, -0.25) is 4.57 Å². The molecule has 0 saturated carbocycles. The van der Waals surface area contributed by atoms with Crippen molar-refractivity contribution in [2.45, 2.75) is 64.4 Å². The van der Waals surface area contributed by atoms with Crippen LogP contribution in [0.15, 0.2) is 10.9 Å². The molecule has 0 spiro atoms. The lowest BCUT2D eigenvalue weighted by Gasteiger charge is -2.32. The predicted octanol–water partition coefficient (Wildman–Crippen LogP) is 2.64.